The van der Waals surface area contributed by atoms with E-state index in [2.05, 4.69) is 39.7 Å². The summed E-state index contributed by atoms with van der Waals surface area (Å²) in [6.45, 7) is 8.12. The molecule has 1 N–H and O–H groups in total. The van der Waals surface area contributed by atoms with Gasteiger partial charge in [-0.2, -0.15) is 4.99 Å². The van der Waals surface area contributed by atoms with Crippen molar-refractivity contribution in [2.75, 3.05) is 23.4 Å². The van der Waals surface area contributed by atoms with Gasteiger partial charge in [0.1, 0.15) is 16.5 Å². The second kappa shape index (κ2) is 12.3. The summed E-state index contributed by atoms with van der Waals surface area (Å²) in [5, 5.41) is 2.87. The Bertz CT molecular complexity index is 1630. The highest BCUT2D eigenvalue weighted by molar-refractivity contribution is 9.10. The number of nitrogens with zero attached hydrogens (tertiary/aromatic N) is 2. The number of carbonyl (C=O) groups excluding carboxylic acids is 3. The number of benzene rings is 1. The molecule has 0 saturated carbocycles. The van der Waals surface area contributed by atoms with Gasteiger partial charge in [0.05, 0.1) is 22.4 Å². The Hall–Kier alpha value is -2.61. The van der Waals surface area contributed by atoms with E-state index in [1.54, 1.807) is 17.6 Å². The molecule has 2 amide bonds. The number of allylic oxidation sites excluding steroid dienone is 1. The van der Waals surface area contributed by atoms with Gasteiger partial charge < -0.3 is 14.6 Å². The van der Waals surface area contributed by atoms with Gasteiger partial charge in [0.2, 0.25) is 5.91 Å². The number of sulfone groups is 1. The molecule has 0 spiro atoms. The molecular weight excluding hydrogens is 626 g/mol. The Kier molecular flexibility index (Phi) is 9.25. The average molecular weight is 655 g/mol. The molecule has 2 heterocycles. The zero-order valence-electron chi connectivity index (χ0n) is 21.5. The first-order valence-corrected chi connectivity index (χ1v) is 16.5. The van der Waals surface area contributed by atoms with Crippen molar-refractivity contribution in [3.8, 4) is 0 Å². The van der Waals surface area contributed by atoms with Crippen LogP contribution in [0.5, 0.6) is 0 Å². The monoisotopic (exact) mass is 653 g/mol. The van der Waals surface area contributed by atoms with Crippen molar-refractivity contribution in [1.82, 2.24) is 4.57 Å². The number of hydrogen-bond acceptors (Lipinski definition) is 8. The van der Waals surface area contributed by atoms with Gasteiger partial charge in [-0.3, -0.25) is 9.59 Å². The summed E-state index contributed by atoms with van der Waals surface area (Å²) in [5.74, 6) is -3.64. The van der Waals surface area contributed by atoms with E-state index in [-0.39, 0.29) is 11.6 Å². The third-order valence-electron chi connectivity index (χ3n) is 6.12. The number of carbonyl (C=O) groups is 3. The number of amides is 2. The molecule has 39 heavy (non-hydrogen) atoms. The van der Waals surface area contributed by atoms with Crippen LogP contribution in [0.3, 0.4) is 0 Å². The summed E-state index contributed by atoms with van der Waals surface area (Å²) in [5.41, 5.74) is 1.98. The average Bonchev–Trinajstić information content (AvgIpc) is 3.34. The van der Waals surface area contributed by atoms with Crippen LogP contribution < -0.4 is 10.1 Å². The Morgan fingerprint density at radius 1 is 1.28 bits per heavy atom. The van der Waals surface area contributed by atoms with E-state index in [0.29, 0.717) is 29.2 Å². The lowest BCUT2D eigenvalue weighted by Crippen LogP contribution is -2.28. The molecule has 0 fully saturated rings. The predicted molar refractivity (Wildman–Crippen MR) is 157 cm³/mol. The van der Waals surface area contributed by atoms with Crippen molar-refractivity contribution in [3.05, 3.63) is 56.1 Å². The minimum atomic E-state index is -4.14. The van der Waals surface area contributed by atoms with E-state index < -0.39 is 39.1 Å². The molecule has 1 aromatic carbocycles. The molecule has 9 nitrogen and oxygen atoms in total. The predicted octanol–water partition coefficient (Wildman–Crippen LogP) is 4.50. The number of hydrogen-bond donors (Lipinski definition) is 1. The third kappa shape index (κ3) is 6.94. The Morgan fingerprint density at radius 3 is 2.77 bits per heavy atom. The summed E-state index contributed by atoms with van der Waals surface area (Å²) >= 11 is 5.94. The standard InChI is InChI=1S/C26H28BrN3O6S3/c1-4-10-30-18-9-7-16(27)12-20(18)38-26(30)29-22(32)14-39(34,35)13-21(31)28-24-23(25(33)36-5-2)17-8-6-15(3)11-19(17)37-24/h4,7,9,12,15H,1,5-6,8,10-11,13-14H2,2-3H3,(H,28,31). The Labute approximate surface area is 242 Å². The van der Waals surface area contributed by atoms with E-state index >= 15 is 0 Å². The minimum Gasteiger partial charge on any atom is -0.462 e. The van der Waals surface area contributed by atoms with Gasteiger partial charge in [0, 0.05) is 15.9 Å². The van der Waals surface area contributed by atoms with Crippen LogP contribution in [0.1, 0.15) is 41.1 Å². The summed E-state index contributed by atoms with van der Waals surface area (Å²) < 4.78 is 34.2. The Morgan fingerprint density at radius 2 is 2.05 bits per heavy atom. The van der Waals surface area contributed by atoms with Crippen molar-refractivity contribution in [2.45, 2.75) is 39.7 Å². The molecule has 1 aliphatic rings. The van der Waals surface area contributed by atoms with Crippen LogP contribution in [0.4, 0.5) is 5.00 Å². The fraction of sp³-hybridized carbons (Fsp3) is 0.385. The van der Waals surface area contributed by atoms with Gasteiger partial charge in [-0.25, -0.2) is 13.2 Å². The second-order valence-corrected chi connectivity index (χ2v) is 14.4. The second-order valence-electron chi connectivity index (χ2n) is 9.26. The zero-order valence-corrected chi connectivity index (χ0v) is 25.5. The number of nitrogens with one attached hydrogen (secondary N) is 1. The number of thiophene rings is 1. The molecule has 2 aromatic heterocycles. The van der Waals surface area contributed by atoms with Gasteiger partial charge >= 0.3 is 5.97 Å². The quantitative estimate of drug-likeness (QED) is 0.268. The van der Waals surface area contributed by atoms with E-state index in [9.17, 15) is 22.8 Å². The minimum absolute atomic E-state index is 0.178. The topological polar surface area (TPSA) is 124 Å². The number of fused-ring (bicyclic) bond motifs is 2. The first-order chi connectivity index (χ1) is 18.5. The fourth-order valence-corrected chi connectivity index (χ4v) is 8.47. The maximum atomic E-state index is 12.8. The maximum Gasteiger partial charge on any atom is 0.341 e. The first kappa shape index (κ1) is 29.4. The summed E-state index contributed by atoms with van der Waals surface area (Å²) in [7, 11) is -4.14. The van der Waals surface area contributed by atoms with Crippen LogP contribution in [-0.2, 0) is 43.5 Å². The van der Waals surface area contributed by atoms with Gasteiger partial charge in [-0.05, 0) is 55.9 Å². The van der Waals surface area contributed by atoms with Gasteiger partial charge in [-0.15, -0.1) is 17.9 Å². The van der Waals surface area contributed by atoms with E-state index in [1.165, 1.54) is 22.7 Å². The lowest BCUT2D eigenvalue weighted by molar-refractivity contribution is -0.115. The summed E-state index contributed by atoms with van der Waals surface area (Å²) in [4.78, 5) is 43.5. The number of anilines is 1. The van der Waals surface area contributed by atoms with Crippen LogP contribution in [0.2, 0.25) is 0 Å². The van der Waals surface area contributed by atoms with Crippen LogP contribution in [0, 0.1) is 5.92 Å². The molecule has 4 rings (SSSR count). The van der Waals surface area contributed by atoms with Crippen molar-refractivity contribution >= 4 is 81.4 Å². The van der Waals surface area contributed by atoms with Crippen LogP contribution >= 0.6 is 38.6 Å². The molecule has 1 aliphatic carbocycles. The molecule has 0 saturated heterocycles. The molecule has 0 aliphatic heterocycles. The van der Waals surface area contributed by atoms with Gasteiger partial charge in [0.25, 0.3) is 5.91 Å². The first-order valence-electron chi connectivity index (χ1n) is 12.3. The largest absolute Gasteiger partial charge is 0.462 e. The van der Waals surface area contributed by atoms with E-state index in [4.69, 9.17) is 4.74 Å². The molecular formula is C26H28BrN3O6S3. The number of thiazole rings is 1. The lowest BCUT2D eigenvalue weighted by Gasteiger charge is -2.18. The van der Waals surface area contributed by atoms with Gasteiger partial charge in [-0.1, -0.05) is 40.3 Å². The highest BCUT2D eigenvalue weighted by Crippen LogP contribution is 2.40. The van der Waals surface area contributed by atoms with Crippen molar-refractivity contribution < 1.29 is 27.5 Å². The number of rotatable bonds is 9. The molecule has 0 radical (unpaired) electrons. The zero-order chi connectivity index (χ0) is 28.3. The highest BCUT2D eigenvalue weighted by atomic mass is 79.9. The van der Waals surface area contributed by atoms with E-state index in [0.717, 1.165) is 38.0 Å². The lowest BCUT2D eigenvalue weighted by atomic mass is 9.88. The van der Waals surface area contributed by atoms with Crippen LogP contribution in [0.15, 0.2) is 40.3 Å². The van der Waals surface area contributed by atoms with E-state index in [1.807, 2.05) is 18.2 Å². The molecule has 13 heteroatoms. The molecule has 3 aromatic rings. The number of esters is 1. The normalized spacial score (nSPS) is 15.7. The molecule has 208 valence electrons. The number of ether oxygens (including phenoxy) is 1. The highest BCUT2D eigenvalue weighted by Gasteiger charge is 2.30. The summed E-state index contributed by atoms with van der Waals surface area (Å²) in [6, 6.07) is 5.62. The summed E-state index contributed by atoms with van der Waals surface area (Å²) in [6.07, 6.45) is 4.03. The SMILES string of the molecule is C=CCn1c(=NC(=O)CS(=O)(=O)CC(=O)Nc2sc3c(c2C(=O)OCC)CCC(C)C3)sc2cc(Br)ccc21. The third-order valence-corrected chi connectivity index (χ3v) is 10.2. The van der Waals surface area contributed by atoms with Crippen LogP contribution in [-0.4, -0.2) is 48.9 Å². The van der Waals surface area contributed by atoms with Crippen LogP contribution in [0.25, 0.3) is 10.2 Å². The van der Waals surface area contributed by atoms with Crippen molar-refractivity contribution in [3.63, 3.8) is 0 Å². The van der Waals surface area contributed by atoms with Crippen molar-refractivity contribution in [2.24, 2.45) is 10.9 Å². The molecule has 1 atom stereocenters. The fourth-order valence-electron chi connectivity index (χ4n) is 4.44. The molecule has 1 unspecified atom stereocenters. The maximum absolute atomic E-state index is 12.8. The smallest absolute Gasteiger partial charge is 0.341 e. The van der Waals surface area contributed by atoms with Gasteiger partial charge in [0.15, 0.2) is 14.6 Å². The van der Waals surface area contributed by atoms with Crippen molar-refractivity contribution in [1.29, 1.82) is 0 Å². The number of aromatic nitrogens is 1. The Balaban J connectivity index is 1.51. The molecule has 0 bridgehead atoms. The number of halogens is 1.